The van der Waals surface area contributed by atoms with Crippen molar-refractivity contribution in [3.05, 3.63) is 0 Å². The number of ether oxygens (including phenoxy) is 1. The van der Waals surface area contributed by atoms with Crippen molar-refractivity contribution in [2.45, 2.75) is 51.2 Å². The summed E-state index contributed by atoms with van der Waals surface area (Å²) >= 11 is 0. The van der Waals surface area contributed by atoms with E-state index in [1.165, 1.54) is 0 Å². The van der Waals surface area contributed by atoms with E-state index in [2.05, 4.69) is 10.6 Å². The Hall–Kier alpha value is -1.26. The molecular weight excluding hydrogens is 220 g/mol. The first-order valence-electron chi connectivity index (χ1n) is 6.06. The fourth-order valence-electron chi connectivity index (χ4n) is 2.56. The van der Waals surface area contributed by atoms with Crippen molar-refractivity contribution in [2.75, 3.05) is 6.54 Å². The molecule has 0 aromatic carbocycles. The molecule has 0 atom stereocenters. The van der Waals surface area contributed by atoms with Crippen LogP contribution in [0.15, 0.2) is 0 Å². The van der Waals surface area contributed by atoms with E-state index >= 15 is 0 Å². The third-order valence-electron chi connectivity index (χ3n) is 3.20. The summed E-state index contributed by atoms with van der Waals surface area (Å²) in [5.74, 6) is 0.603. The molecule has 1 spiro atoms. The molecule has 1 aliphatic carbocycles. The average Bonchev–Trinajstić information content (AvgIpc) is 2.03. The second kappa shape index (κ2) is 3.89. The third-order valence-corrected chi connectivity index (χ3v) is 3.20. The molecule has 5 nitrogen and oxygen atoms in total. The molecule has 2 fully saturated rings. The molecule has 0 bridgehead atoms. The van der Waals surface area contributed by atoms with E-state index in [0.29, 0.717) is 18.9 Å². The highest BCUT2D eigenvalue weighted by Crippen LogP contribution is 2.44. The summed E-state index contributed by atoms with van der Waals surface area (Å²) in [5, 5.41) is 5.69. The van der Waals surface area contributed by atoms with Gasteiger partial charge in [-0.1, -0.05) is 0 Å². The Morgan fingerprint density at radius 1 is 1.53 bits per heavy atom. The first-order valence-corrected chi connectivity index (χ1v) is 6.06. The lowest BCUT2D eigenvalue weighted by molar-refractivity contribution is -0.138. The van der Waals surface area contributed by atoms with Crippen LogP contribution in [-0.2, 0) is 9.53 Å². The van der Waals surface area contributed by atoms with E-state index in [-0.39, 0.29) is 17.5 Å². The maximum atomic E-state index is 11.4. The van der Waals surface area contributed by atoms with Gasteiger partial charge >= 0.3 is 6.09 Å². The Morgan fingerprint density at radius 3 is 2.59 bits per heavy atom. The van der Waals surface area contributed by atoms with Gasteiger partial charge in [0.2, 0.25) is 5.91 Å². The van der Waals surface area contributed by atoms with Crippen LogP contribution in [0.3, 0.4) is 0 Å². The van der Waals surface area contributed by atoms with Crippen LogP contribution < -0.4 is 10.6 Å². The van der Waals surface area contributed by atoms with Gasteiger partial charge in [-0.3, -0.25) is 4.79 Å². The van der Waals surface area contributed by atoms with Crippen LogP contribution in [0.4, 0.5) is 4.79 Å². The fraction of sp³-hybridized carbons (Fsp3) is 0.833. The Bertz CT molecular complexity index is 330. The molecule has 1 heterocycles. The first kappa shape index (κ1) is 12.2. The van der Waals surface area contributed by atoms with Gasteiger partial charge in [0.05, 0.1) is 0 Å². The molecule has 1 saturated carbocycles. The summed E-state index contributed by atoms with van der Waals surface area (Å²) in [7, 11) is 0. The lowest BCUT2D eigenvalue weighted by Gasteiger charge is -2.53. The van der Waals surface area contributed by atoms with Crippen LogP contribution in [-0.4, -0.2) is 29.7 Å². The monoisotopic (exact) mass is 240 g/mol. The summed E-state index contributed by atoms with van der Waals surface area (Å²) in [6.07, 6.45) is 2.22. The topological polar surface area (TPSA) is 67.4 Å². The van der Waals surface area contributed by atoms with Crippen LogP contribution in [0.25, 0.3) is 0 Å². The summed E-state index contributed by atoms with van der Waals surface area (Å²) in [5.41, 5.74) is -0.385. The predicted octanol–water partition coefficient (Wildman–Crippen LogP) is 1.18. The number of rotatable bonds is 2. The highest BCUT2D eigenvalue weighted by Gasteiger charge is 2.52. The zero-order chi connectivity index (χ0) is 12.7. The van der Waals surface area contributed by atoms with Crippen molar-refractivity contribution >= 4 is 12.0 Å². The molecule has 2 aliphatic rings. The van der Waals surface area contributed by atoms with E-state index in [0.717, 1.165) is 12.8 Å². The quantitative estimate of drug-likeness (QED) is 0.712. The average molecular weight is 240 g/mol. The minimum atomic E-state index is -0.452. The summed E-state index contributed by atoms with van der Waals surface area (Å²) in [6.45, 7) is 6.16. The van der Waals surface area contributed by atoms with Crippen molar-refractivity contribution in [3.8, 4) is 0 Å². The van der Waals surface area contributed by atoms with Crippen molar-refractivity contribution in [2.24, 2.45) is 5.92 Å². The highest BCUT2D eigenvalue weighted by molar-refractivity contribution is 5.85. The summed E-state index contributed by atoms with van der Waals surface area (Å²) in [4.78, 5) is 22.2. The van der Waals surface area contributed by atoms with E-state index in [1.807, 2.05) is 20.8 Å². The zero-order valence-electron chi connectivity index (χ0n) is 10.6. The van der Waals surface area contributed by atoms with Crippen LogP contribution in [0.1, 0.15) is 40.0 Å². The molecule has 2 N–H and O–H groups in total. The van der Waals surface area contributed by atoms with Crippen molar-refractivity contribution in [1.82, 2.24) is 10.6 Å². The fourth-order valence-corrected chi connectivity index (χ4v) is 2.56. The molecule has 2 amide bonds. The van der Waals surface area contributed by atoms with Crippen molar-refractivity contribution < 1.29 is 14.3 Å². The van der Waals surface area contributed by atoms with Gasteiger partial charge in [0.1, 0.15) is 5.60 Å². The van der Waals surface area contributed by atoms with Crippen molar-refractivity contribution in [3.63, 3.8) is 0 Å². The highest BCUT2D eigenvalue weighted by atomic mass is 16.6. The Labute approximate surface area is 101 Å². The number of carbonyl (C=O) groups is 2. The molecule has 0 radical (unpaired) electrons. The smallest absolute Gasteiger partial charge is 0.407 e. The van der Waals surface area contributed by atoms with Gasteiger partial charge in [-0.05, 0) is 39.5 Å². The number of carbonyl (C=O) groups excluding carboxylic acids is 2. The number of hydrogen-bond donors (Lipinski definition) is 2. The van der Waals surface area contributed by atoms with Crippen LogP contribution in [0, 0.1) is 5.92 Å². The third kappa shape index (κ3) is 2.90. The second-order valence-electron chi connectivity index (χ2n) is 6.16. The SMILES string of the molecule is CC(C)(C)OC(=O)NCC1CC2(CC(=O)N2)C1. The van der Waals surface area contributed by atoms with Gasteiger partial charge in [-0.25, -0.2) is 4.79 Å². The van der Waals surface area contributed by atoms with Crippen LogP contribution >= 0.6 is 0 Å². The summed E-state index contributed by atoms with van der Waals surface area (Å²) < 4.78 is 5.15. The molecular formula is C12H20N2O3. The van der Waals surface area contributed by atoms with Crippen LogP contribution in [0.5, 0.6) is 0 Å². The van der Waals surface area contributed by atoms with E-state index < -0.39 is 5.60 Å². The molecule has 0 unspecified atom stereocenters. The number of β-lactam (4-membered cyclic amide) rings is 1. The van der Waals surface area contributed by atoms with Crippen molar-refractivity contribution in [1.29, 1.82) is 0 Å². The molecule has 0 aromatic heterocycles. The van der Waals surface area contributed by atoms with Gasteiger partial charge < -0.3 is 15.4 Å². The van der Waals surface area contributed by atoms with Gasteiger partial charge in [0, 0.05) is 18.5 Å². The number of nitrogens with one attached hydrogen (secondary N) is 2. The maximum absolute atomic E-state index is 11.4. The molecule has 1 aliphatic heterocycles. The standard InChI is InChI=1S/C12H20N2O3/c1-11(2,3)17-10(16)13-7-8-4-12(5-8)6-9(15)14-12/h8H,4-7H2,1-3H3,(H,13,16)(H,14,15). The molecule has 2 rings (SSSR count). The molecule has 96 valence electrons. The Kier molecular flexibility index (Phi) is 2.79. The minimum Gasteiger partial charge on any atom is -0.444 e. The number of hydrogen-bond acceptors (Lipinski definition) is 3. The zero-order valence-corrected chi connectivity index (χ0v) is 10.6. The van der Waals surface area contributed by atoms with Gasteiger partial charge in [-0.15, -0.1) is 0 Å². The molecule has 0 aromatic rings. The van der Waals surface area contributed by atoms with Crippen LogP contribution in [0.2, 0.25) is 0 Å². The first-order chi connectivity index (χ1) is 7.78. The van der Waals surface area contributed by atoms with E-state index in [4.69, 9.17) is 4.74 Å². The van der Waals surface area contributed by atoms with E-state index in [1.54, 1.807) is 0 Å². The lowest BCUT2D eigenvalue weighted by Crippen LogP contribution is -2.68. The predicted molar refractivity (Wildman–Crippen MR) is 62.5 cm³/mol. The number of amides is 2. The normalized spacial score (nSPS) is 31.2. The molecule has 1 saturated heterocycles. The maximum Gasteiger partial charge on any atom is 0.407 e. The lowest BCUT2D eigenvalue weighted by atomic mass is 9.63. The largest absolute Gasteiger partial charge is 0.444 e. The molecule has 17 heavy (non-hydrogen) atoms. The Balaban J connectivity index is 1.62. The minimum absolute atomic E-state index is 0.0668. The number of alkyl carbamates (subject to hydrolysis) is 1. The van der Waals surface area contributed by atoms with Gasteiger partial charge in [-0.2, -0.15) is 0 Å². The van der Waals surface area contributed by atoms with E-state index in [9.17, 15) is 9.59 Å². The second-order valence-corrected chi connectivity index (χ2v) is 6.16. The van der Waals surface area contributed by atoms with Gasteiger partial charge in [0.15, 0.2) is 0 Å². The van der Waals surface area contributed by atoms with Gasteiger partial charge in [0.25, 0.3) is 0 Å². The molecule has 5 heteroatoms. The Morgan fingerprint density at radius 2 is 2.12 bits per heavy atom. The summed E-state index contributed by atoms with van der Waals surface area (Å²) in [6, 6.07) is 0.